The van der Waals surface area contributed by atoms with Gasteiger partial charge in [0.1, 0.15) is 6.04 Å². The van der Waals surface area contributed by atoms with E-state index in [4.69, 9.17) is 10.5 Å². The first-order valence-electron chi connectivity index (χ1n) is 9.48. The fraction of sp³-hybridized carbons (Fsp3) is 0.650. The molecule has 7 heteroatoms. The maximum Gasteiger partial charge on any atom is 0.241 e. The number of nitrogens with one attached hydrogen (secondary N) is 1. The van der Waals surface area contributed by atoms with Crippen LogP contribution in [0.15, 0.2) is 24.3 Å². The fourth-order valence-corrected chi connectivity index (χ4v) is 3.58. The molecule has 5 nitrogen and oxygen atoms in total. The summed E-state index contributed by atoms with van der Waals surface area (Å²) >= 11 is 0. The number of carbonyl (C=O) groups is 1. The van der Waals surface area contributed by atoms with Crippen molar-refractivity contribution in [2.75, 3.05) is 32.8 Å². The molecule has 1 aromatic rings. The Kier molecular flexibility index (Phi) is 12.9. The summed E-state index contributed by atoms with van der Waals surface area (Å²) < 4.78 is 5.48. The number of rotatable bonds is 8. The molecule has 1 aliphatic heterocycles. The van der Waals surface area contributed by atoms with Gasteiger partial charge in [0.15, 0.2) is 0 Å². The first kappa shape index (κ1) is 26.1. The van der Waals surface area contributed by atoms with Crippen LogP contribution in [0, 0.1) is 12.8 Å². The van der Waals surface area contributed by atoms with Crippen molar-refractivity contribution in [1.29, 1.82) is 0 Å². The minimum atomic E-state index is -0.618. The number of halogens is 2. The average molecular weight is 420 g/mol. The van der Waals surface area contributed by atoms with Gasteiger partial charge in [0, 0.05) is 25.7 Å². The number of amides is 1. The van der Waals surface area contributed by atoms with Gasteiger partial charge in [-0.3, -0.25) is 9.69 Å². The number of ether oxygens (including phenoxy) is 1. The number of benzene rings is 1. The van der Waals surface area contributed by atoms with Crippen LogP contribution in [0.2, 0.25) is 0 Å². The smallest absolute Gasteiger partial charge is 0.241 e. The predicted molar refractivity (Wildman–Crippen MR) is 116 cm³/mol. The summed E-state index contributed by atoms with van der Waals surface area (Å²) in [6.45, 7) is 10.5. The van der Waals surface area contributed by atoms with Crippen molar-refractivity contribution in [3.63, 3.8) is 0 Å². The lowest BCUT2D eigenvalue weighted by Gasteiger charge is -2.39. The molecule has 2 atom stereocenters. The number of carbonyl (C=O) groups excluding carboxylic acids is 1. The summed E-state index contributed by atoms with van der Waals surface area (Å²) in [5.74, 6) is 0.460. The van der Waals surface area contributed by atoms with E-state index in [0.29, 0.717) is 18.5 Å². The zero-order chi connectivity index (χ0) is 18.2. The van der Waals surface area contributed by atoms with E-state index < -0.39 is 6.04 Å². The SMILES string of the molecule is CCC(CC)C(CNC(=O)C(N)c1ccc(C)cc1)N1CCOCC1.Cl.Cl. The summed E-state index contributed by atoms with van der Waals surface area (Å²) in [6.07, 6.45) is 2.22. The minimum Gasteiger partial charge on any atom is -0.379 e. The van der Waals surface area contributed by atoms with Crippen molar-refractivity contribution in [3.05, 3.63) is 35.4 Å². The van der Waals surface area contributed by atoms with Crippen molar-refractivity contribution in [3.8, 4) is 0 Å². The van der Waals surface area contributed by atoms with Gasteiger partial charge >= 0.3 is 0 Å². The van der Waals surface area contributed by atoms with Crippen LogP contribution in [0.5, 0.6) is 0 Å². The van der Waals surface area contributed by atoms with Crippen LogP contribution in [0.25, 0.3) is 0 Å². The standard InChI is InChI=1S/C20H33N3O2.2ClH/c1-4-16(5-2)18(23-10-12-25-13-11-23)14-22-20(24)19(21)17-8-6-15(3)7-9-17;;/h6-9,16,18-19H,4-5,10-14,21H2,1-3H3,(H,22,24);2*1H. The number of hydrogen-bond donors (Lipinski definition) is 2. The predicted octanol–water partition coefficient (Wildman–Crippen LogP) is 3.09. The van der Waals surface area contributed by atoms with Gasteiger partial charge in [-0.25, -0.2) is 0 Å². The van der Waals surface area contributed by atoms with Gasteiger partial charge in [0.25, 0.3) is 0 Å². The summed E-state index contributed by atoms with van der Waals surface area (Å²) in [5.41, 5.74) is 8.17. The highest BCUT2D eigenvalue weighted by atomic mass is 35.5. The Balaban J connectivity index is 0.00000338. The van der Waals surface area contributed by atoms with Crippen LogP contribution in [0.4, 0.5) is 0 Å². The number of morpholine rings is 1. The van der Waals surface area contributed by atoms with Gasteiger partial charge in [0.05, 0.1) is 13.2 Å². The molecule has 1 heterocycles. The summed E-state index contributed by atoms with van der Waals surface area (Å²) in [6, 6.07) is 7.56. The summed E-state index contributed by atoms with van der Waals surface area (Å²) in [5, 5.41) is 3.10. The molecule has 3 N–H and O–H groups in total. The van der Waals surface area contributed by atoms with Crippen molar-refractivity contribution < 1.29 is 9.53 Å². The molecule has 1 fully saturated rings. The molecule has 1 aliphatic rings. The zero-order valence-corrected chi connectivity index (χ0v) is 18.3. The van der Waals surface area contributed by atoms with E-state index in [0.717, 1.165) is 50.3 Å². The van der Waals surface area contributed by atoms with Crippen LogP contribution < -0.4 is 11.1 Å². The maximum atomic E-state index is 12.5. The lowest BCUT2D eigenvalue weighted by atomic mass is 9.92. The van der Waals surface area contributed by atoms with E-state index in [1.54, 1.807) is 0 Å². The van der Waals surface area contributed by atoms with E-state index in [-0.39, 0.29) is 30.7 Å². The van der Waals surface area contributed by atoms with Crippen molar-refractivity contribution in [2.45, 2.75) is 45.7 Å². The maximum absolute atomic E-state index is 12.5. The third-order valence-corrected chi connectivity index (χ3v) is 5.31. The normalized spacial score (nSPS) is 16.8. The molecule has 156 valence electrons. The second-order valence-electron chi connectivity index (χ2n) is 6.93. The number of hydrogen-bond acceptors (Lipinski definition) is 4. The topological polar surface area (TPSA) is 67.6 Å². The average Bonchev–Trinajstić information content (AvgIpc) is 2.65. The van der Waals surface area contributed by atoms with Crippen LogP contribution in [-0.4, -0.2) is 49.7 Å². The molecule has 0 aromatic heterocycles. The third kappa shape index (κ3) is 7.59. The molecule has 0 spiro atoms. The Bertz CT molecular complexity index is 533. The Labute approximate surface area is 176 Å². The van der Waals surface area contributed by atoms with Crippen molar-refractivity contribution in [2.24, 2.45) is 11.7 Å². The highest BCUT2D eigenvalue weighted by molar-refractivity contribution is 5.85. The van der Waals surface area contributed by atoms with E-state index in [1.807, 2.05) is 31.2 Å². The van der Waals surface area contributed by atoms with Gasteiger partial charge in [0.2, 0.25) is 5.91 Å². The fourth-order valence-electron chi connectivity index (χ4n) is 3.58. The highest BCUT2D eigenvalue weighted by Crippen LogP contribution is 2.20. The molecular weight excluding hydrogens is 385 g/mol. The quantitative estimate of drug-likeness (QED) is 0.678. The molecule has 1 saturated heterocycles. The first-order chi connectivity index (χ1) is 12.1. The molecular formula is C20H35Cl2N3O2. The molecule has 0 saturated carbocycles. The zero-order valence-electron chi connectivity index (χ0n) is 16.6. The lowest BCUT2D eigenvalue weighted by Crippen LogP contribution is -2.52. The monoisotopic (exact) mass is 419 g/mol. The second-order valence-corrected chi connectivity index (χ2v) is 6.93. The van der Waals surface area contributed by atoms with E-state index in [1.165, 1.54) is 0 Å². The van der Waals surface area contributed by atoms with Crippen molar-refractivity contribution >= 4 is 30.7 Å². The Morgan fingerprint density at radius 1 is 1.15 bits per heavy atom. The van der Waals surface area contributed by atoms with E-state index in [2.05, 4.69) is 24.1 Å². The first-order valence-corrected chi connectivity index (χ1v) is 9.48. The molecule has 1 amide bonds. The Morgan fingerprint density at radius 3 is 2.22 bits per heavy atom. The number of nitrogens with zero attached hydrogens (tertiary/aromatic N) is 1. The molecule has 27 heavy (non-hydrogen) atoms. The number of aryl methyl sites for hydroxylation is 1. The summed E-state index contributed by atoms with van der Waals surface area (Å²) in [7, 11) is 0. The lowest BCUT2D eigenvalue weighted by molar-refractivity contribution is -0.123. The molecule has 0 bridgehead atoms. The highest BCUT2D eigenvalue weighted by Gasteiger charge is 2.28. The van der Waals surface area contributed by atoms with Crippen molar-refractivity contribution in [1.82, 2.24) is 10.2 Å². The number of nitrogens with two attached hydrogens (primary N) is 1. The van der Waals surface area contributed by atoms with Gasteiger partial charge < -0.3 is 15.8 Å². The Morgan fingerprint density at radius 2 is 1.70 bits per heavy atom. The molecule has 2 rings (SSSR count). The van der Waals surface area contributed by atoms with Gasteiger partial charge in [-0.2, -0.15) is 0 Å². The van der Waals surface area contributed by atoms with E-state index >= 15 is 0 Å². The second kappa shape index (κ2) is 13.3. The van der Waals surface area contributed by atoms with Gasteiger partial charge in [-0.15, -0.1) is 24.8 Å². The van der Waals surface area contributed by atoms with Crippen LogP contribution in [-0.2, 0) is 9.53 Å². The van der Waals surface area contributed by atoms with Gasteiger partial charge in [-0.1, -0.05) is 56.5 Å². The minimum absolute atomic E-state index is 0. The molecule has 0 aliphatic carbocycles. The molecule has 0 radical (unpaired) electrons. The molecule has 2 unspecified atom stereocenters. The summed E-state index contributed by atoms with van der Waals surface area (Å²) in [4.78, 5) is 15.0. The van der Waals surface area contributed by atoms with Gasteiger partial charge in [-0.05, 0) is 18.4 Å². The Hall–Kier alpha value is -0.850. The van der Waals surface area contributed by atoms with Crippen LogP contribution in [0.3, 0.4) is 0 Å². The third-order valence-electron chi connectivity index (χ3n) is 5.31. The van der Waals surface area contributed by atoms with Crippen LogP contribution in [0.1, 0.15) is 43.9 Å². The van der Waals surface area contributed by atoms with E-state index in [9.17, 15) is 4.79 Å². The largest absolute Gasteiger partial charge is 0.379 e. The molecule has 1 aromatic carbocycles. The van der Waals surface area contributed by atoms with Crippen LogP contribution >= 0.6 is 24.8 Å².